The van der Waals surface area contributed by atoms with Crippen LogP contribution in [0.5, 0.6) is 0 Å². The van der Waals surface area contributed by atoms with E-state index in [0.717, 1.165) is 6.42 Å². The van der Waals surface area contributed by atoms with Crippen LogP contribution in [-0.2, 0) is 0 Å². The first-order valence-electron chi connectivity index (χ1n) is 5.63. The van der Waals surface area contributed by atoms with E-state index in [0.29, 0.717) is 0 Å². The first-order chi connectivity index (χ1) is 7.00. The van der Waals surface area contributed by atoms with Gasteiger partial charge in [0.2, 0.25) is 0 Å². The highest BCUT2D eigenvalue weighted by atomic mass is 13.9. The molecule has 0 radical (unpaired) electrons. The van der Waals surface area contributed by atoms with Crippen LogP contribution in [0.1, 0.15) is 38.5 Å². The molecule has 0 spiro atoms. The molecule has 0 aromatic carbocycles. The molecule has 76 valence electrons. The number of allylic oxidation sites excluding steroid dienone is 8. The fraction of sp³-hybridized carbons (Fsp3) is 0.429. The fourth-order valence-corrected chi connectivity index (χ4v) is 1.43. The van der Waals surface area contributed by atoms with E-state index in [1.807, 2.05) is 0 Å². The van der Waals surface area contributed by atoms with Crippen molar-refractivity contribution in [3.05, 3.63) is 48.6 Å². The van der Waals surface area contributed by atoms with E-state index in [4.69, 9.17) is 0 Å². The molecule has 0 atom stereocenters. The molecule has 0 amide bonds. The van der Waals surface area contributed by atoms with Crippen LogP contribution in [0.15, 0.2) is 48.6 Å². The first-order valence-corrected chi connectivity index (χ1v) is 5.63. The van der Waals surface area contributed by atoms with Gasteiger partial charge in [-0.25, -0.2) is 0 Å². The predicted octanol–water partition coefficient (Wildman–Crippen LogP) is 4.57. The van der Waals surface area contributed by atoms with Crippen molar-refractivity contribution in [3.8, 4) is 0 Å². The summed E-state index contributed by atoms with van der Waals surface area (Å²) in [6, 6.07) is 0. The van der Waals surface area contributed by atoms with Crippen LogP contribution in [0.2, 0.25) is 0 Å². The van der Waals surface area contributed by atoms with Gasteiger partial charge in [-0.15, -0.1) is 0 Å². The largest absolute Gasteiger partial charge is 0.0885 e. The zero-order chi connectivity index (χ0) is 9.90. The second-order valence-corrected chi connectivity index (χ2v) is 3.57. The third kappa shape index (κ3) is 6.47. The van der Waals surface area contributed by atoms with E-state index in [1.165, 1.54) is 32.1 Å². The Morgan fingerprint density at radius 1 is 0.429 bits per heavy atom. The minimum Gasteiger partial charge on any atom is -0.0885 e. The van der Waals surface area contributed by atoms with Crippen LogP contribution in [0.25, 0.3) is 0 Å². The van der Waals surface area contributed by atoms with Gasteiger partial charge in [-0.2, -0.15) is 0 Å². The molecule has 0 heteroatoms. The maximum atomic E-state index is 2.32. The van der Waals surface area contributed by atoms with Gasteiger partial charge in [0.1, 0.15) is 0 Å². The van der Waals surface area contributed by atoms with Crippen molar-refractivity contribution in [2.45, 2.75) is 38.5 Å². The topological polar surface area (TPSA) is 0 Å². The molecule has 1 aliphatic carbocycles. The maximum Gasteiger partial charge on any atom is -0.0313 e. The summed E-state index contributed by atoms with van der Waals surface area (Å²) in [7, 11) is 0. The monoisotopic (exact) mass is 188 g/mol. The van der Waals surface area contributed by atoms with Gasteiger partial charge in [0.15, 0.2) is 0 Å². The highest BCUT2D eigenvalue weighted by Gasteiger charge is 1.83. The number of rotatable bonds is 0. The molecule has 0 saturated heterocycles. The molecule has 0 heterocycles. The second kappa shape index (κ2) is 8.55. The summed E-state index contributed by atoms with van der Waals surface area (Å²) in [6.07, 6.45) is 25.0. The Bertz CT molecular complexity index is 228. The minimum absolute atomic E-state index is 1.16. The molecule has 1 rings (SSSR count). The lowest BCUT2D eigenvalue weighted by Crippen LogP contribution is -1.73. The van der Waals surface area contributed by atoms with E-state index in [2.05, 4.69) is 48.6 Å². The zero-order valence-electron chi connectivity index (χ0n) is 8.86. The molecule has 14 heavy (non-hydrogen) atoms. The van der Waals surface area contributed by atoms with E-state index in [1.54, 1.807) is 0 Å². The van der Waals surface area contributed by atoms with E-state index in [9.17, 15) is 0 Å². The molecule has 0 bridgehead atoms. The summed E-state index contributed by atoms with van der Waals surface area (Å²) >= 11 is 0. The van der Waals surface area contributed by atoms with Crippen molar-refractivity contribution >= 4 is 0 Å². The van der Waals surface area contributed by atoms with Crippen LogP contribution in [-0.4, -0.2) is 0 Å². The molecule has 0 unspecified atom stereocenters. The van der Waals surface area contributed by atoms with Crippen molar-refractivity contribution in [1.29, 1.82) is 0 Å². The van der Waals surface area contributed by atoms with Gasteiger partial charge < -0.3 is 0 Å². The predicted molar refractivity (Wildman–Crippen MR) is 64.3 cm³/mol. The fourth-order valence-electron chi connectivity index (χ4n) is 1.43. The van der Waals surface area contributed by atoms with Crippen LogP contribution in [0.4, 0.5) is 0 Å². The van der Waals surface area contributed by atoms with Gasteiger partial charge in [0.05, 0.1) is 0 Å². The molecule has 1 aliphatic rings. The van der Waals surface area contributed by atoms with Crippen LogP contribution >= 0.6 is 0 Å². The van der Waals surface area contributed by atoms with Crippen LogP contribution < -0.4 is 0 Å². The van der Waals surface area contributed by atoms with Crippen LogP contribution in [0.3, 0.4) is 0 Å². The Morgan fingerprint density at radius 3 is 1.71 bits per heavy atom. The van der Waals surface area contributed by atoms with Crippen molar-refractivity contribution in [2.24, 2.45) is 0 Å². The molecule has 0 aromatic rings. The van der Waals surface area contributed by atoms with E-state index in [-0.39, 0.29) is 0 Å². The average Bonchev–Trinajstić information content (AvgIpc) is 2.22. The van der Waals surface area contributed by atoms with Gasteiger partial charge >= 0.3 is 0 Å². The Hall–Kier alpha value is -1.04. The number of hydrogen-bond donors (Lipinski definition) is 0. The van der Waals surface area contributed by atoms with Gasteiger partial charge in [-0.05, 0) is 38.5 Å². The van der Waals surface area contributed by atoms with Crippen molar-refractivity contribution in [3.63, 3.8) is 0 Å². The summed E-state index contributed by atoms with van der Waals surface area (Å²) in [5, 5.41) is 0. The van der Waals surface area contributed by atoms with Gasteiger partial charge in [0, 0.05) is 0 Å². The Kier molecular flexibility index (Phi) is 6.74. The molecule has 0 aromatic heterocycles. The van der Waals surface area contributed by atoms with Crippen LogP contribution in [0, 0.1) is 0 Å². The summed E-state index contributed by atoms with van der Waals surface area (Å²) in [5.74, 6) is 0. The summed E-state index contributed by atoms with van der Waals surface area (Å²) in [5.41, 5.74) is 0. The highest BCUT2D eigenvalue weighted by Crippen LogP contribution is 2.03. The van der Waals surface area contributed by atoms with Gasteiger partial charge in [-0.1, -0.05) is 48.6 Å². The zero-order valence-corrected chi connectivity index (χ0v) is 8.86. The molecule has 0 fully saturated rings. The second-order valence-electron chi connectivity index (χ2n) is 3.57. The average molecular weight is 188 g/mol. The summed E-state index contributed by atoms with van der Waals surface area (Å²) in [6.45, 7) is 0. The smallest absolute Gasteiger partial charge is 0.0313 e. The SMILES string of the molecule is C1=CCCCC/C=C/C=C\C=C\CC1. The Labute approximate surface area is 87.7 Å². The van der Waals surface area contributed by atoms with Crippen molar-refractivity contribution < 1.29 is 0 Å². The number of hydrogen-bond acceptors (Lipinski definition) is 0. The molecule has 0 saturated carbocycles. The molecular weight excluding hydrogens is 168 g/mol. The standard InChI is InChI=1S/C14H20/c1-2-4-6-8-10-12-14-13-11-9-7-5-3-1/h1-6,11,13H,7-10,12,14H2/b2-1-,5-3+,6-4+,13-11?. The normalized spacial score (nSPS) is 26.3. The quantitative estimate of drug-likeness (QED) is 0.489. The summed E-state index contributed by atoms with van der Waals surface area (Å²) < 4.78 is 0. The van der Waals surface area contributed by atoms with Crippen molar-refractivity contribution in [1.82, 2.24) is 0 Å². The lowest BCUT2D eigenvalue weighted by molar-refractivity contribution is 0.760. The molecule has 0 N–H and O–H groups in total. The summed E-state index contributed by atoms with van der Waals surface area (Å²) in [4.78, 5) is 0. The highest BCUT2D eigenvalue weighted by molar-refractivity contribution is 5.11. The Balaban J connectivity index is 2.35. The lowest BCUT2D eigenvalue weighted by Gasteiger charge is -1.93. The van der Waals surface area contributed by atoms with Gasteiger partial charge in [0.25, 0.3) is 0 Å². The Morgan fingerprint density at radius 2 is 0.929 bits per heavy atom. The molecule has 0 nitrogen and oxygen atoms in total. The van der Waals surface area contributed by atoms with E-state index < -0.39 is 0 Å². The third-order valence-corrected chi connectivity index (χ3v) is 2.26. The first kappa shape index (κ1) is 11.0. The molecule has 0 aliphatic heterocycles. The van der Waals surface area contributed by atoms with E-state index >= 15 is 0 Å². The van der Waals surface area contributed by atoms with Crippen molar-refractivity contribution in [2.75, 3.05) is 0 Å². The molecular formula is C14H20. The van der Waals surface area contributed by atoms with Gasteiger partial charge in [-0.3, -0.25) is 0 Å². The lowest BCUT2D eigenvalue weighted by atomic mass is 10.1. The maximum absolute atomic E-state index is 2.32. The third-order valence-electron chi connectivity index (χ3n) is 2.26. The minimum atomic E-state index is 1.16.